The highest BCUT2D eigenvalue weighted by Gasteiger charge is 2.03. The van der Waals surface area contributed by atoms with E-state index < -0.39 is 0 Å². The Labute approximate surface area is 107 Å². The molecule has 0 aliphatic heterocycles. The smallest absolute Gasteiger partial charge is 0.238 e. The molecule has 3 nitrogen and oxygen atoms in total. The molecule has 5 heteroatoms. The number of rotatable bonds is 2. The summed E-state index contributed by atoms with van der Waals surface area (Å²) in [5, 5.41) is 7.87. The summed E-state index contributed by atoms with van der Waals surface area (Å²) in [7, 11) is 0. The minimum Gasteiger partial charge on any atom is -0.437 e. The van der Waals surface area contributed by atoms with Gasteiger partial charge in [0.2, 0.25) is 5.88 Å². The van der Waals surface area contributed by atoms with E-state index in [9.17, 15) is 0 Å². The van der Waals surface area contributed by atoms with Crippen molar-refractivity contribution in [3.8, 4) is 11.6 Å². The van der Waals surface area contributed by atoms with Crippen molar-refractivity contribution >= 4 is 27.5 Å². The summed E-state index contributed by atoms with van der Waals surface area (Å²) in [6.07, 6.45) is 0. The molecule has 2 rings (SSSR count). The van der Waals surface area contributed by atoms with Crippen molar-refractivity contribution in [3.05, 3.63) is 45.5 Å². The second kappa shape index (κ2) is 4.80. The minimum absolute atomic E-state index is 0.347. The van der Waals surface area contributed by atoms with Gasteiger partial charge in [-0.25, -0.2) is 0 Å². The molecule has 0 fully saturated rings. The lowest BCUT2D eigenvalue weighted by Crippen LogP contribution is -1.91. The third kappa shape index (κ3) is 2.71. The summed E-state index contributed by atoms with van der Waals surface area (Å²) in [6.45, 7) is 1.96. The SMILES string of the molecule is Cc1cc(Br)ccc1Oc1ccc(Cl)nn1. The molecule has 0 saturated heterocycles. The van der Waals surface area contributed by atoms with Crippen LogP contribution in [0.1, 0.15) is 5.56 Å². The lowest BCUT2D eigenvalue weighted by molar-refractivity contribution is 0.452. The van der Waals surface area contributed by atoms with Crippen LogP contribution in [0.3, 0.4) is 0 Å². The van der Waals surface area contributed by atoms with Crippen molar-refractivity contribution in [2.24, 2.45) is 0 Å². The van der Waals surface area contributed by atoms with E-state index in [1.807, 2.05) is 25.1 Å². The average Bonchev–Trinajstić information content (AvgIpc) is 2.25. The van der Waals surface area contributed by atoms with E-state index in [0.717, 1.165) is 15.8 Å². The quantitative estimate of drug-likeness (QED) is 0.841. The van der Waals surface area contributed by atoms with Gasteiger partial charge < -0.3 is 4.74 Å². The highest BCUT2D eigenvalue weighted by molar-refractivity contribution is 9.10. The summed E-state index contributed by atoms with van der Waals surface area (Å²) >= 11 is 9.02. The van der Waals surface area contributed by atoms with Crippen molar-refractivity contribution in [3.63, 3.8) is 0 Å². The second-order valence-electron chi connectivity index (χ2n) is 3.21. The Morgan fingerprint density at radius 3 is 2.62 bits per heavy atom. The van der Waals surface area contributed by atoms with Gasteiger partial charge in [0.25, 0.3) is 0 Å². The summed E-state index contributed by atoms with van der Waals surface area (Å²) in [5.74, 6) is 1.18. The van der Waals surface area contributed by atoms with Gasteiger partial charge >= 0.3 is 0 Å². The molecule has 82 valence electrons. The zero-order valence-electron chi connectivity index (χ0n) is 8.45. The van der Waals surface area contributed by atoms with E-state index in [1.165, 1.54) is 0 Å². The van der Waals surface area contributed by atoms with Crippen molar-refractivity contribution < 1.29 is 4.74 Å². The molecule has 1 aromatic heterocycles. The first-order chi connectivity index (χ1) is 7.65. The first kappa shape index (κ1) is 11.4. The molecule has 0 radical (unpaired) electrons. The summed E-state index contributed by atoms with van der Waals surface area (Å²) in [5.41, 5.74) is 1.02. The van der Waals surface area contributed by atoms with Crippen LogP contribution in [0.15, 0.2) is 34.8 Å². The lowest BCUT2D eigenvalue weighted by Gasteiger charge is -2.07. The molecule has 0 bridgehead atoms. The molecular weight excluding hydrogens is 291 g/mol. The molecule has 0 N–H and O–H groups in total. The Morgan fingerprint density at radius 1 is 1.19 bits per heavy atom. The fourth-order valence-corrected chi connectivity index (χ4v) is 1.77. The Hall–Kier alpha value is -1.13. The van der Waals surface area contributed by atoms with Crippen LogP contribution in [-0.4, -0.2) is 10.2 Å². The van der Waals surface area contributed by atoms with Gasteiger partial charge in [-0.1, -0.05) is 27.5 Å². The number of benzene rings is 1. The van der Waals surface area contributed by atoms with E-state index in [4.69, 9.17) is 16.3 Å². The number of aromatic nitrogens is 2. The van der Waals surface area contributed by atoms with Gasteiger partial charge in [0, 0.05) is 10.5 Å². The molecule has 0 atom stereocenters. The Bertz CT molecular complexity index is 502. The number of ether oxygens (including phenoxy) is 1. The van der Waals surface area contributed by atoms with Crippen LogP contribution in [0.5, 0.6) is 11.6 Å². The van der Waals surface area contributed by atoms with Crippen LogP contribution in [0.4, 0.5) is 0 Å². The van der Waals surface area contributed by atoms with E-state index in [0.29, 0.717) is 11.0 Å². The Balaban J connectivity index is 2.23. The Morgan fingerprint density at radius 2 is 2.00 bits per heavy atom. The largest absolute Gasteiger partial charge is 0.437 e. The minimum atomic E-state index is 0.347. The molecule has 0 aliphatic rings. The zero-order chi connectivity index (χ0) is 11.5. The molecule has 1 heterocycles. The first-order valence-corrected chi connectivity index (χ1v) is 5.75. The Kier molecular flexibility index (Phi) is 3.41. The van der Waals surface area contributed by atoms with Crippen LogP contribution in [0.2, 0.25) is 5.15 Å². The molecule has 0 spiro atoms. The predicted molar refractivity (Wildman–Crippen MR) is 66.0 cm³/mol. The van der Waals surface area contributed by atoms with Gasteiger partial charge in [-0.05, 0) is 36.8 Å². The van der Waals surface area contributed by atoms with Gasteiger partial charge in [0.05, 0.1) is 0 Å². The number of nitrogens with zero attached hydrogens (tertiary/aromatic N) is 2. The van der Waals surface area contributed by atoms with Crippen LogP contribution >= 0.6 is 27.5 Å². The van der Waals surface area contributed by atoms with Gasteiger partial charge in [-0.15, -0.1) is 10.2 Å². The maximum absolute atomic E-state index is 5.63. The van der Waals surface area contributed by atoms with Gasteiger partial charge in [-0.2, -0.15) is 0 Å². The van der Waals surface area contributed by atoms with E-state index >= 15 is 0 Å². The summed E-state index contributed by atoms with van der Waals surface area (Å²) < 4.78 is 6.58. The van der Waals surface area contributed by atoms with E-state index in [1.54, 1.807) is 12.1 Å². The standard InChI is InChI=1S/C11H8BrClN2O/c1-7-6-8(12)2-3-9(7)16-11-5-4-10(13)14-15-11/h2-6H,1H3. The highest BCUT2D eigenvalue weighted by Crippen LogP contribution is 2.26. The number of aryl methyl sites for hydroxylation is 1. The number of halogens is 2. The molecule has 2 aromatic rings. The number of hydrogen-bond donors (Lipinski definition) is 0. The summed E-state index contributed by atoms with van der Waals surface area (Å²) in [6, 6.07) is 9.06. The van der Waals surface area contributed by atoms with Gasteiger partial charge in [-0.3, -0.25) is 0 Å². The van der Waals surface area contributed by atoms with E-state index in [2.05, 4.69) is 26.1 Å². The van der Waals surface area contributed by atoms with Crippen molar-refractivity contribution in [2.75, 3.05) is 0 Å². The van der Waals surface area contributed by atoms with Gasteiger partial charge in [0.15, 0.2) is 5.15 Å². The fraction of sp³-hybridized carbons (Fsp3) is 0.0909. The summed E-state index contributed by atoms with van der Waals surface area (Å²) in [4.78, 5) is 0. The third-order valence-electron chi connectivity index (χ3n) is 1.96. The molecule has 0 aliphatic carbocycles. The van der Waals surface area contributed by atoms with Crippen molar-refractivity contribution in [1.29, 1.82) is 0 Å². The third-order valence-corrected chi connectivity index (χ3v) is 2.65. The monoisotopic (exact) mass is 298 g/mol. The highest BCUT2D eigenvalue weighted by atomic mass is 79.9. The zero-order valence-corrected chi connectivity index (χ0v) is 10.8. The molecule has 0 unspecified atom stereocenters. The molecule has 0 amide bonds. The molecule has 16 heavy (non-hydrogen) atoms. The maximum atomic E-state index is 5.63. The number of hydrogen-bond acceptors (Lipinski definition) is 3. The molecule has 1 aromatic carbocycles. The van der Waals surface area contributed by atoms with E-state index in [-0.39, 0.29) is 0 Å². The van der Waals surface area contributed by atoms with Crippen LogP contribution in [0.25, 0.3) is 0 Å². The lowest BCUT2D eigenvalue weighted by atomic mass is 10.2. The molecular formula is C11H8BrClN2O. The van der Waals surface area contributed by atoms with Gasteiger partial charge in [0.1, 0.15) is 5.75 Å². The topological polar surface area (TPSA) is 35.0 Å². The predicted octanol–water partition coefficient (Wildman–Crippen LogP) is 3.99. The average molecular weight is 300 g/mol. The first-order valence-electron chi connectivity index (χ1n) is 4.58. The normalized spacial score (nSPS) is 10.2. The van der Waals surface area contributed by atoms with Crippen LogP contribution in [0, 0.1) is 6.92 Å². The maximum Gasteiger partial charge on any atom is 0.238 e. The fourth-order valence-electron chi connectivity index (χ4n) is 1.20. The second-order valence-corrected chi connectivity index (χ2v) is 4.51. The van der Waals surface area contributed by atoms with Crippen LogP contribution in [-0.2, 0) is 0 Å². The molecule has 0 saturated carbocycles. The van der Waals surface area contributed by atoms with Crippen molar-refractivity contribution in [2.45, 2.75) is 6.92 Å². The van der Waals surface area contributed by atoms with Crippen LogP contribution < -0.4 is 4.74 Å². The van der Waals surface area contributed by atoms with Crippen molar-refractivity contribution in [1.82, 2.24) is 10.2 Å².